The second-order valence-corrected chi connectivity index (χ2v) is 16.0. The summed E-state index contributed by atoms with van der Waals surface area (Å²) in [6, 6.07) is 94.6. The zero-order valence-electron chi connectivity index (χ0n) is 34.8. The lowest BCUT2D eigenvalue weighted by atomic mass is 9.83. The van der Waals surface area contributed by atoms with Crippen molar-refractivity contribution in [2.24, 2.45) is 0 Å². The largest absolute Gasteiger partial charge is 0.309 e. The van der Waals surface area contributed by atoms with Gasteiger partial charge in [0.05, 0.1) is 5.69 Å². The Morgan fingerprint density at radius 3 is 1.19 bits per heavy atom. The quantitative estimate of drug-likeness (QED) is 0.131. The van der Waals surface area contributed by atoms with Gasteiger partial charge in [0.2, 0.25) is 0 Å². The molecule has 11 aromatic rings. The van der Waals surface area contributed by atoms with Crippen LogP contribution in [0.15, 0.2) is 261 Å². The van der Waals surface area contributed by atoms with Crippen molar-refractivity contribution in [2.75, 3.05) is 4.90 Å². The maximum absolute atomic E-state index is 2.46. The van der Waals surface area contributed by atoms with Crippen LogP contribution in [-0.2, 0) is 0 Å². The average molecular weight is 802 g/mol. The van der Waals surface area contributed by atoms with Crippen molar-refractivity contribution in [2.45, 2.75) is 0 Å². The molecule has 0 N–H and O–H groups in total. The fourth-order valence-electron chi connectivity index (χ4n) is 9.43. The smallest absolute Gasteiger partial charge is 0.0618 e. The van der Waals surface area contributed by atoms with Crippen LogP contribution in [0.5, 0.6) is 0 Å². The van der Waals surface area contributed by atoms with Gasteiger partial charge in [0.15, 0.2) is 0 Å². The molecule has 0 amide bonds. The van der Waals surface area contributed by atoms with E-state index < -0.39 is 0 Å². The third-order valence-corrected chi connectivity index (χ3v) is 12.3. The van der Waals surface area contributed by atoms with E-state index in [1.54, 1.807) is 0 Å². The summed E-state index contributed by atoms with van der Waals surface area (Å²) in [4.78, 5) is 2.46. The van der Waals surface area contributed by atoms with Gasteiger partial charge in [0.1, 0.15) is 0 Å². The second kappa shape index (κ2) is 16.7. The van der Waals surface area contributed by atoms with Gasteiger partial charge in [0, 0.05) is 22.5 Å². The SMILES string of the molecule is c1ccc(-c2cccc(N(c3ccc(-c4cccc5c(-c6ccccc6)c(-c6ccccc6)c6ccccc6c45)cc3)c3c(-c4ccccc4)cccc3-c3ccccc3)c2)cc1. The highest BCUT2D eigenvalue weighted by atomic mass is 15.1. The first-order valence-corrected chi connectivity index (χ1v) is 21.7. The molecule has 0 unspecified atom stereocenters. The monoisotopic (exact) mass is 801 g/mol. The summed E-state index contributed by atoms with van der Waals surface area (Å²) in [5.74, 6) is 0. The van der Waals surface area contributed by atoms with E-state index in [0.29, 0.717) is 0 Å². The van der Waals surface area contributed by atoms with E-state index >= 15 is 0 Å². The van der Waals surface area contributed by atoms with Crippen LogP contribution in [0.3, 0.4) is 0 Å². The van der Waals surface area contributed by atoms with Gasteiger partial charge < -0.3 is 4.90 Å². The fraction of sp³-hybridized carbons (Fsp3) is 0. The van der Waals surface area contributed by atoms with Crippen LogP contribution >= 0.6 is 0 Å². The summed E-state index contributed by atoms with van der Waals surface area (Å²) >= 11 is 0. The molecule has 1 heteroatoms. The zero-order valence-corrected chi connectivity index (χ0v) is 34.8. The lowest BCUT2D eigenvalue weighted by molar-refractivity contribution is 1.28. The van der Waals surface area contributed by atoms with E-state index in [0.717, 1.165) is 39.3 Å². The number of rotatable bonds is 9. The standard InChI is InChI=1S/C62H43N/c1-6-21-44(22-7-1)50-31-18-32-52(43-50)63(62-54(45-23-8-2-9-24-45)36-20-37-55(62)46-25-10-3-11-26-46)51-41-39-47(40-42-51)53-35-19-38-58-60(49-29-14-5-15-30-49)59(48-27-12-4-13-28-48)56-33-16-17-34-57(56)61(53)58/h1-43H. The molecule has 0 radical (unpaired) electrons. The number of anilines is 3. The highest BCUT2D eigenvalue weighted by Gasteiger charge is 2.24. The van der Waals surface area contributed by atoms with E-state index in [1.807, 2.05) is 0 Å². The highest BCUT2D eigenvalue weighted by Crippen LogP contribution is 2.49. The topological polar surface area (TPSA) is 3.24 Å². The van der Waals surface area contributed by atoms with Gasteiger partial charge in [-0.1, -0.05) is 237 Å². The van der Waals surface area contributed by atoms with Crippen LogP contribution in [0.1, 0.15) is 0 Å². The highest BCUT2D eigenvalue weighted by molar-refractivity contribution is 6.25. The number of para-hydroxylation sites is 1. The van der Waals surface area contributed by atoms with E-state index in [9.17, 15) is 0 Å². The van der Waals surface area contributed by atoms with Crippen molar-refractivity contribution in [1.82, 2.24) is 0 Å². The molecular formula is C62H43N. The molecule has 0 saturated heterocycles. The fourth-order valence-corrected chi connectivity index (χ4v) is 9.43. The van der Waals surface area contributed by atoms with E-state index in [2.05, 4.69) is 266 Å². The third kappa shape index (κ3) is 7.06. The Morgan fingerprint density at radius 2 is 0.619 bits per heavy atom. The lowest BCUT2D eigenvalue weighted by Crippen LogP contribution is -2.13. The molecule has 11 rings (SSSR count). The summed E-state index contributed by atoms with van der Waals surface area (Å²) < 4.78 is 0. The Hall–Kier alpha value is -8.26. The summed E-state index contributed by atoms with van der Waals surface area (Å²) in [6.45, 7) is 0. The molecule has 0 saturated carbocycles. The van der Waals surface area contributed by atoms with Crippen LogP contribution in [0, 0.1) is 0 Å². The van der Waals surface area contributed by atoms with Crippen molar-refractivity contribution in [3.05, 3.63) is 261 Å². The van der Waals surface area contributed by atoms with E-state index in [4.69, 9.17) is 0 Å². The molecule has 63 heavy (non-hydrogen) atoms. The van der Waals surface area contributed by atoms with Gasteiger partial charge in [-0.05, 0) is 101 Å². The summed E-state index contributed by atoms with van der Waals surface area (Å²) in [6.07, 6.45) is 0. The number of hydrogen-bond donors (Lipinski definition) is 0. The van der Waals surface area contributed by atoms with Gasteiger partial charge in [-0.15, -0.1) is 0 Å². The molecule has 0 heterocycles. The maximum atomic E-state index is 2.46. The van der Waals surface area contributed by atoms with E-state index in [-0.39, 0.29) is 0 Å². The molecule has 11 aromatic carbocycles. The summed E-state index contributed by atoms with van der Waals surface area (Å²) in [5.41, 5.74) is 17.6. The minimum atomic E-state index is 1.07. The Labute approximate surface area is 369 Å². The lowest BCUT2D eigenvalue weighted by Gasteiger charge is -2.31. The molecule has 0 aliphatic rings. The van der Waals surface area contributed by atoms with Crippen molar-refractivity contribution in [1.29, 1.82) is 0 Å². The first kappa shape index (κ1) is 37.7. The molecule has 296 valence electrons. The summed E-state index contributed by atoms with van der Waals surface area (Å²) in [5, 5.41) is 4.99. The molecule has 0 atom stereocenters. The number of nitrogens with zero attached hydrogens (tertiary/aromatic N) is 1. The molecule has 0 aromatic heterocycles. The van der Waals surface area contributed by atoms with Crippen LogP contribution in [0.2, 0.25) is 0 Å². The minimum absolute atomic E-state index is 1.07. The predicted octanol–water partition coefficient (Wildman–Crippen LogP) is 17.5. The van der Waals surface area contributed by atoms with Crippen LogP contribution < -0.4 is 4.90 Å². The number of hydrogen-bond acceptors (Lipinski definition) is 1. The van der Waals surface area contributed by atoms with Crippen LogP contribution in [-0.4, -0.2) is 0 Å². The van der Waals surface area contributed by atoms with Crippen molar-refractivity contribution in [3.8, 4) is 66.8 Å². The summed E-state index contributed by atoms with van der Waals surface area (Å²) in [7, 11) is 0. The number of fused-ring (bicyclic) bond motifs is 3. The zero-order chi connectivity index (χ0) is 42.0. The van der Waals surface area contributed by atoms with Gasteiger partial charge in [-0.3, -0.25) is 0 Å². The van der Waals surface area contributed by atoms with Crippen LogP contribution in [0.25, 0.3) is 88.3 Å². The second-order valence-electron chi connectivity index (χ2n) is 16.0. The predicted molar refractivity (Wildman–Crippen MR) is 269 cm³/mol. The van der Waals surface area contributed by atoms with Gasteiger partial charge in [-0.2, -0.15) is 0 Å². The van der Waals surface area contributed by atoms with Crippen LogP contribution in [0.4, 0.5) is 17.1 Å². The molecular weight excluding hydrogens is 759 g/mol. The first-order chi connectivity index (χ1) is 31.3. The third-order valence-electron chi connectivity index (χ3n) is 12.3. The van der Waals surface area contributed by atoms with Gasteiger partial charge in [0.25, 0.3) is 0 Å². The van der Waals surface area contributed by atoms with Gasteiger partial charge >= 0.3 is 0 Å². The normalized spacial score (nSPS) is 11.2. The average Bonchev–Trinajstić information content (AvgIpc) is 3.37. The molecule has 0 fully saturated rings. The van der Waals surface area contributed by atoms with Crippen molar-refractivity contribution >= 4 is 38.6 Å². The molecule has 0 aliphatic heterocycles. The molecule has 1 nitrogen and oxygen atoms in total. The first-order valence-electron chi connectivity index (χ1n) is 21.7. The van der Waals surface area contributed by atoms with Crippen molar-refractivity contribution < 1.29 is 0 Å². The Kier molecular flexibility index (Phi) is 9.97. The van der Waals surface area contributed by atoms with E-state index in [1.165, 1.54) is 66.1 Å². The maximum Gasteiger partial charge on any atom is 0.0618 e. The molecule has 0 spiro atoms. The number of benzene rings is 11. The molecule has 0 aliphatic carbocycles. The molecule has 0 bridgehead atoms. The Morgan fingerprint density at radius 1 is 0.222 bits per heavy atom. The minimum Gasteiger partial charge on any atom is -0.309 e. The van der Waals surface area contributed by atoms with Crippen molar-refractivity contribution in [3.63, 3.8) is 0 Å². The van der Waals surface area contributed by atoms with Gasteiger partial charge in [-0.25, -0.2) is 0 Å². The Bertz CT molecular complexity index is 3280. The Balaban J connectivity index is 1.15.